The van der Waals surface area contributed by atoms with Gasteiger partial charge in [-0.25, -0.2) is 9.78 Å². The number of aliphatic hydroxyl groups is 1. The van der Waals surface area contributed by atoms with Gasteiger partial charge in [-0.05, 0) is 37.0 Å². The highest BCUT2D eigenvalue weighted by molar-refractivity contribution is 7.14. The van der Waals surface area contributed by atoms with E-state index in [0.717, 1.165) is 24.0 Å². The smallest absolute Gasteiger partial charge is 0.410 e. The highest BCUT2D eigenvalue weighted by Crippen LogP contribution is 2.27. The maximum atomic E-state index is 13.0. The van der Waals surface area contributed by atoms with Gasteiger partial charge in [0.2, 0.25) is 0 Å². The van der Waals surface area contributed by atoms with Gasteiger partial charge in [-0.3, -0.25) is 14.5 Å². The summed E-state index contributed by atoms with van der Waals surface area (Å²) >= 11 is 1.24. The topological polar surface area (TPSA) is 121 Å². The number of aromatic nitrogens is 1. The Bertz CT molecular complexity index is 1240. The van der Waals surface area contributed by atoms with Gasteiger partial charge in [0, 0.05) is 29.1 Å². The maximum Gasteiger partial charge on any atom is 0.410 e. The van der Waals surface area contributed by atoms with Gasteiger partial charge in [-0.2, -0.15) is 0 Å². The number of nitrogens with one attached hydrogen (secondary N) is 2. The highest BCUT2D eigenvalue weighted by atomic mass is 32.1. The fourth-order valence-corrected chi connectivity index (χ4v) is 4.75. The minimum atomic E-state index is -1.06. The van der Waals surface area contributed by atoms with Gasteiger partial charge in [-0.1, -0.05) is 42.5 Å². The lowest BCUT2D eigenvalue weighted by molar-refractivity contribution is -0.122. The van der Waals surface area contributed by atoms with Gasteiger partial charge in [0.05, 0.1) is 11.8 Å². The van der Waals surface area contributed by atoms with Crippen molar-refractivity contribution >= 4 is 34.4 Å². The number of amides is 3. The third-order valence-electron chi connectivity index (χ3n) is 6.16. The van der Waals surface area contributed by atoms with Gasteiger partial charge in [0.15, 0.2) is 5.13 Å². The fourth-order valence-electron chi connectivity index (χ4n) is 4.03. The number of anilines is 1. The number of thiazole rings is 1. The van der Waals surface area contributed by atoms with Gasteiger partial charge >= 0.3 is 6.09 Å². The summed E-state index contributed by atoms with van der Waals surface area (Å²) in [5.41, 5.74) is 2.87. The number of carbonyl (C=O) groups is 3. The molecule has 1 saturated carbocycles. The molecule has 3 amide bonds. The molecule has 0 spiro atoms. The van der Waals surface area contributed by atoms with Crippen LogP contribution in [0.25, 0.3) is 11.3 Å². The lowest BCUT2D eigenvalue weighted by atomic mass is 10.1. The molecule has 0 radical (unpaired) electrons. The second-order valence-corrected chi connectivity index (χ2v) is 9.74. The van der Waals surface area contributed by atoms with Crippen LogP contribution < -0.4 is 10.6 Å². The van der Waals surface area contributed by atoms with Crippen molar-refractivity contribution in [1.82, 2.24) is 15.2 Å². The Kier molecular flexibility index (Phi) is 6.97. The number of likely N-dealkylation sites (tertiary alicyclic amines) is 1. The molecular weight excluding hydrogens is 480 g/mol. The van der Waals surface area contributed by atoms with E-state index in [1.807, 2.05) is 42.5 Å². The van der Waals surface area contributed by atoms with E-state index in [-0.39, 0.29) is 25.5 Å². The molecule has 2 aliphatic rings. The highest BCUT2D eigenvalue weighted by Gasteiger charge is 2.42. The molecular formula is C26H26N4O5S. The van der Waals surface area contributed by atoms with Crippen LogP contribution in [-0.2, 0) is 16.1 Å². The molecule has 2 aromatic carbocycles. The standard InChI is InChI=1S/C26H26N4O5S/c31-21-12-13-30(26(34)35-14-16-4-2-1-3-5-16)22(21)24(33)29-25-28-20(15-36-25)17-6-8-18(9-7-17)23(32)27-19-10-11-19/h1-9,15,19,21-22,31H,10-14H2,(H,27,32)(H,28,29,33)/t21-,22-/m0/s1. The molecule has 186 valence electrons. The molecule has 1 aliphatic carbocycles. The summed E-state index contributed by atoms with van der Waals surface area (Å²) in [7, 11) is 0. The summed E-state index contributed by atoms with van der Waals surface area (Å²) < 4.78 is 5.36. The molecule has 1 aliphatic heterocycles. The van der Waals surface area contributed by atoms with Crippen LogP contribution >= 0.6 is 11.3 Å². The summed E-state index contributed by atoms with van der Waals surface area (Å²) in [6.07, 6.45) is 0.690. The first-order chi connectivity index (χ1) is 17.5. The fraction of sp³-hybridized carbons (Fsp3) is 0.308. The molecule has 3 aromatic rings. The van der Waals surface area contributed by atoms with Crippen LogP contribution in [0.4, 0.5) is 9.93 Å². The third-order valence-corrected chi connectivity index (χ3v) is 6.92. The molecule has 36 heavy (non-hydrogen) atoms. The average Bonchev–Trinajstić information content (AvgIpc) is 3.43. The first-order valence-electron chi connectivity index (χ1n) is 11.8. The number of aliphatic hydroxyl groups excluding tert-OH is 1. The zero-order valence-corrected chi connectivity index (χ0v) is 20.2. The molecule has 3 N–H and O–H groups in total. The number of benzene rings is 2. The van der Waals surface area contributed by atoms with E-state index in [1.54, 1.807) is 17.5 Å². The molecule has 0 bridgehead atoms. The van der Waals surface area contributed by atoms with E-state index in [4.69, 9.17) is 4.74 Å². The van der Waals surface area contributed by atoms with Crippen molar-refractivity contribution in [2.75, 3.05) is 11.9 Å². The van der Waals surface area contributed by atoms with Crippen LogP contribution in [-0.4, -0.2) is 57.6 Å². The first-order valence-corrected chi connectivity index (χ1v) is 12.7. The monoisotopic (exact) mass is 506 g/mol. The van der Waals surface area contributed by atoms with Crippen molar-refractivity contribution in [3.63, 3.8) is 0 Å². The Balaban J connectivity index is 1.20. The predicted molar refractivity (Wildman–Crippen MR) is 134 cm³/mol. The van der Waals surface area contributed by atoms with Crippen molar-refractivity contribution in [2.45, 2.75) is 44.1 Å². The summed E-state index contributed by atoms with van der Waals surface area (Å²) in [6.45, 7) is 0.300. The maximum absolute atomic E-state index is 13.0. The van der Waals surface area contributed by atoms with Crippen LogP contribution in [0.3, 0.4) is 0 Å². The minimum Gasteiger partial charge on any atom is -0.445 e. The van der Waals surface area contributed by atoms with Gasteiger partial charge < -0.3 is 20.5 Å². The van der Waals surface area contributed by atoms with Crippen LogP contribution in [0.15, 0.2) is 60.0 Å². The second kappa shape index (κ2) is 10.5. The lowest BCUT2D eigenvalue weighted by Crippen LogP contribution is -2.47. The lowest BCUT2D eigenvalue weighted by Gasteiger charge is -2.24. The summed E-state index contributed by atoms with van der Waals surface area (Å²) in [6, 6.07) is 15.6. The Labute approximate surface area is 212 Å². The number of nitrogens with zero attached hydrogens (tertiary/aromatic N) is 2. The van der Waals surface area contributed by atoms with E-state index in [0.29, 0.717) is 22.4 Å². The first kappa shape index (κ1) is 24.0. The van der Waals surface area contributed by atoms with E-state index < -0.39 is 24.1 Å². The molecule has 2 atom stereocenters. The van der Waals surface area contributed by atoms with Gasteiger partial charge in [0.1, 0.15) is 12.6 Å². The second-order valence-electron chi connectivity index (χ2n) is 8.89. The predicted octanol–water partition coefficient (Wildman–Crippen LogP) is 3.41. The number of hydrogen-bond acceptors (Lipinski definition) is 7. The van der Waals surface area contributed by atoms with Crippen LogP contribution in [0, 0.1) is 0 Å². The Morgan fingerprint density at radius 3 is 2.53 bits per heavy atom. The number of carbonyl (C=O) groups excluding carboxylic acids is 3. The molecule has 2 fully saturated rings. The third kappa shape index (κ3) is 5.55. The molecule has 9 nitrogen and oxygen atoms in total. The van der Waals surface area contributed by atoms with Crippen molar-refractivity contribution in [1.29, 1.82) is 0 Å². The average molecular weight is 507 g/mol. The molecule has 0 unspecified atom stereocenters. The molecule has 1 saturated heterocycles. The van der Waals surface area contributed by atoms with E-state index >= 15 is 0 Å². The molecule has 5 rings (SSSR count). The largest absolute Gasteiger partial charge is 0.445 e. The zero-order valence-electron chi connectivity index (χ0n) is 19.4. The minimum absolute atomic E-state index is 0.0808. The van der Waals surface area contributed by atoms with Crippen LogP contribution in [0.5, 0.6) is 0 Å². The van der Waals surface area contributed by atoms with Crippen LogP contribution in [0.2, 0.25) is 0 Å². The summed E-state index contributed by atoms with van der Waals surface area (Å²) in [5.74, 6) is -0.609. The van der Waals surface area contributed by atoms with E-state index in [1.165, 1.54) is 16.2 Å². The van der Waals surface area contributed by atoms with Crippen LogP contribution in [0.1, 0.15) is 35.2 Å². The molecule has 10 heteroatoms. The van der Waals surface area contributed by atoms with Crippen molar-refractivity contribution in [3.05, 3.63) is 71.1 Å². The summed E-state index contributed by atoms with van der Waals surface area (Å²) in [5, 5.41) is 18.2. The molecule has 2 heterocycles. The van der Waals surface area contributed by atoms with Crippen molar-refractivity contribution in [2.24, 2.45) is 0 Å². The van der Waals surface area contributed by atoms with Gasteiger partial charge in [0.25, 0.3) is 11.8 Å². The SMILES string of the molecule is O=C(NC1CC1)c1ccc(-c2csc(NC(=O)[C@@H]3[C@@H](O)CCN3C(=O)OCc3ccccc3)n2)cc1. The summed E-state index contributed by atoms with van der Waals surface area (Å²) in [4.78, 5) is 43.5. The quantitative estimate of drug-likeness (QED) is 0.452. The van der Waals surface area contributed by atoms with E-state index in [2.05, 4.69) is 15.6 Å². The molecule has 1 aromatic heterocycles. The Morgan fingerprint density at radius 1 is 1.06 bits per heavy atom. The van der Waals surface area contributed by atoms with Crippen molar-refractivity contribution in [3.8, 4) is 11.3 Å². The normalized spacial score (nSPS) is 19.1. The zero-order chi connectivity index (χ0) is 25.1. The van der Waals surface area contributed by atoms with Crippen molar-refractivity contribution < 1.29 is 24.2 Å². The number of ether oxygens (including phenoxy) is 1. The Morgan fingerprint density at radius 2 is 1.81 bits per heavy atom. The van der Waals surface area contributed by atoms with Gasteiger partial charge in [-0.15, -0.1) is 11.3 Å². The Hall–Kier alpha value is -3.76. The number of hydrogen-bond donors (Lipinski definition) is 3. The number of rotatable bonds is 7. The van der Waals surface area contributed by atoms with E-state index in [9.17, 15) is 19.5 Å².